The minimum Gasteiger partial charge on any atom is -0.328 e. The van der Waals surface area contributed by atoms with Crippen molar-refractivity contribution in [2.24, 2.45) is 0 Å². The molecule has 0 saturated carbocycles. The van der Waals surface area contributed by atoms with Crippen LogP contribution in [0, 0.1) is 0 Å². The normalized spacial score (nSPS) is 12.4. The highest BCUT2D eigenvalue weighted by atomic mass is 15.3. The van der Waals surface area contributed by atoms with Crippen molar-refractivity contribution < 1.29 is 4.48 Å². The van der Waals surface area contributed by atoms with Gasteiger partial charge < -0.3 is 14.3 Å². The van der Waals surface area contributed by atoms with Gasteiger partial charge in [0.25, 0.3) is 0 Å². The maximum Gasteiger partial charge on any atom is 0.0782 e. The number of nitrogens with zero attached hydrogens (tertiary/aromatic N) is 3. The van der Waals surface area contributed by atoms with Crippen molar-refractivity contribution in [3.05, 3.63) is 0 Å². The summed E-state index contributed by atoms with van der Waals surface area (Å²) < 4.78 is 1.23. The van der Waals surface area contributed by atoms with Crippen molar-refractivity contribution in [3.63, 3.8) is 0 Å². The van der Waals surface area contributed by atoms with Gasteiger partial charge in [-0.25, -0.2) is 0 Å². The van der Waals surface area contributed by atoms with E-state index in [-0.39, 0.29) is 0 Å². The van der Waals surface area contributed by atoms with Crippen molar-refractivity contribution in [1.29, 1.82) is 0 Å². The Morgan fingerprint density at radius 2 is 0.621 bits per heavy atom. The number of rotatable bonds is 22. The lowest BCUT2D eigenvalue weighted by atomic mass is 10.1. The SMILES string of the molecule is CN(C)CCCCCCCCCC[N+](C)(C)CCCCCCCCCCN(C)C. The molecule has 0 radical (unpaired) electrons. The van der Waals surface area contributed by atoms with Crippen LogP contribution in [0.2, 0.25) is 0 Å². The molecule has 0 aromatic carbocycles. The fourth-order valence-corrected chi connectivity index (χ4v) is 4.17. The first-order valence-corrected chi connectivity index (χ1v) is 12.9. The summed E-state index contributed by atoms with van der Waals surface area (Å²) >= 11 is 0. The van der Waals surface area contributed by atoms with Crippen LogP contribution in [0.4, 0.5) is 0 Å². The first kappa shape index (κ1) is 28.9. The van der Waals surface area contributed by atoms with Gasteiger partial charge in [0.2, 0.25) is 0 Å². The fourth-order valence-electron chi connectivity index (χ4n) is 4.17. The Morgan fingerprint density at radius 1 is 0.379 bits per heavy atom. The van der Waals surface area contributed by atoms with Crippen LogP contribution in [-0.4, -0.2) is 82.7 Å². The molecule has 0 unspecified atom stereocenters. The average molecular weight is 413 g/mol. The van der Waals surface area contributed by atoms with E-state index in [1.807, 2.05) is 0 Å². The number of hydrogen-bond donors (Lipinski definition) is 0. The predicted molar refractivity (Wildman–Crippen MR) is 133 cm³/mol. The molecular weight excluding hydrogens is 354 g/mol. The highest BCUT2D eigenvalue weighted by Crippen LogP contribution is 2.13. The number of hydrogen-bond acceptors (Lipinski definition) is 2. The molecule has 0 aromatic heterocycles. The van der Waals surface area contributed by atoms with Crippen molar-refractivity contribution in [2.75, 3.05) is 68.5 Å². The summed E-state index contributed by atoms with van der Waals surface area (Å²) in [6.07, 6.45) is 22.8. The quantitative estimate of drug-likeness (QED) is 0.149. The molecule has 0 heterocycles. The van der Waals surface area contributed by atoms with E-state index in [1.54, 1.807) is 0 Å². The molecule has 3 nitrogen and oxygen atoms in total. The third-order valence-corrected chi connectivity index (χ3v) is 6.24. The molecule has 0 amide bonds. The van der Waals surface area contributed by atoms with Gasteiger partial charge in [0, 0.05) is 0 Å². The lowest BCUT2D eigenvalue weighted by Gasteiger charge is -2.30. The van der Waals surface area contributed by atoms with E-state index < -0.39 is 0 Å². The molecule has 0 rings (SSSR count). The topological polar surface area (TPSA) is 6.48 Å². The molecule has 0 aliphatic rings. The van der Waals surface area contributed by atoms with E-state index >= 15 is 0 Å². The van der Waals surface area contributed by atoms with Crippen molar-refractivity contribution >= 4 is 0 Å². The molecule has 29 heavy (non-hydrogen) atoms. The minimum absolute atomic E-state index is 1.23. The molecule has 0 saturated heterocycles. The lowest BCUT2D eigenvalue weighted by molar-refractivity contribution is -0.890. The van der Waals surface area contributed by atoms with Crippen LogP contribution < -0.4 is 0 Å². The Labute approximate surface area is 185 Å². The lowest BCUT2D eigenvalue weighted by Crippen LogP contribution is -2.41. The van der Waals surface area contributed by atoms with Gasteiger partial charge >= 0.3 is 0 Å². The second-order valence-electron chi connectivity index (χ2n) is 10.6. The van der Waals surface area contributed by atoms with E-state index in [0.717, 1.165) is 0 Å². The van der Waals surface area contributed by atoms with E-state index in [2.05, 4.69) is 52.1 Å². The van der Waals surface area contributed by atoms with E-state index in [4.69, 9.17) is 0 Å². The maximum atomic E-state index is 2.44. The molecule has 0 atom stereocenters. The van der Waals surface area contributed by atoms with Crippen molar-refractivity contribution in [2.45, 2.75) is 103 Å². The highest BCUT2D eigenvalue weighted by molar-refractivity contribution is 4.51. The zero-order chi connectivity index (χ0) is 21.8. The largest absolute Gasteiger partial charge is 0.328 e. The Hall–Kier alpha value is -0.120. The monoisotopic (exact) mass is 412 g/mol. The molecule has 0 N–H and O–H groups in total. The Kier molecular flexibility index (Phi) is 19.7. The minimum atomic E-state index is 1.23. The summed E-state index contributed by atoms with van der Waals surface area (Å²) in [7, 11) is 13.6. The average Bonchev–Trinajstić information content (AvgIpc) is 2.64. The maximum absolute atomic E-state index is 2.44. The van der Waals surface area contributed by atoms with Gasteiger partial charge in [0.15, 0.2) is 0 Å². The third-order valence-electron chi connectivity index (χ3n) is 6.24. The van der Waals surface area contributed by atoms with E-state index in [9.17, 15) is 0 Å². The van der Waals surface area contributed by atoms with E-state index in [0.29, 0.717) is 0 Å². The molecule has 0 aromatic rings. The van der Waals surface area contributed by atoms with Crippen molar-refractivity contribution in [3.8, 4) is 0 Å². The van der Waals surface area contributed by atoms with Crippen LogP contribution >= 0.6 is 0 Å². The van der Waals surface area contributed by atoms with Crippen LogP contribution in [0.1, 0.15) is 103 Å². The number of unbranched alkanes of at least 4 members (excludes halogenated alkanes) is 14. The standard InChI is InChI=1S/C26H58N3/c1-27(2)23-19-15-11-7-9-13-17-21-25-29(5,6)26-22-18-14-10-8-12-16-20-24-28(3)4/h7-26H2,1-6H3/q+1. The van der Waals surface area contributed by atoms with Gasteiger partial charge in [0.1, 0.15) is 0 Å². The van der Waals surface area contributed by atoms with Gasteiger partial charge in [-0.3, -0.25) is 0 Å². The number of quaternary nitrogens is 1. The fraction of sp³-hybridized carbons (Fsp3) is 1.00. The zero-order valence-electron chi connectivity index (χ0n) is 21.5. The van der Waals surface area contributed by atoms with Crippen LogP contribution in [0.15, 0.2) is 0 Å². The van der Waals surface area contributed by atoms with Gasteiger partial charge in [-0.05, 0) is 79.8 Å². The molecule has 0 aliphatic carbocycles. The Bertz CT molecular complexity index is 296. The van der Waals surface area contributed by atoms with Gasteiger partial charge in [-0.15, -0.1) is 0 Å². The summed E-state index contributed by atoms with van der Waals surface area (Å²) in [4.78, 5) is 4.60. The van der Waals surface area contributed by atoms with Crippen molar-refractivity contribution in [1.82, 2.24) is 9.80 Å². The molecule has 0 aliphatic heterocycles. The van der Waals surface area contributed by atoms with Crippen LogP contribution in [0.5, 0.6) is 0 Å². The molecule has 3 heteroatoms. The van der Waals surface area contributed by atoms with Gasteiger partial charge in [0.05, 0.1) is 27.2 Å². The summed E-state index contributed by atoms with van der Waals surface area (Å²) in [5, 5.41) is 0. The predicted octanol–water partition coefficient (Wildman–Crippen LogP) is 6.43. The summed E-state index contributed by atoms with van der Waals surface area (Å²) in [5.74, 6) is 0. The van der Waals surface area contributed by atoms with E-state index in [1.165, 1.54) is 133 Å². The summed E-state index contributed by atoms with van der Waals surface area (Å²) in [6.45, 7) is 5.25. The van der Waals surface area contributed by atoms with Crippen LogP contribution in [0.3, 0.4) is 0 Å². The van der Waals surface area contributed by atoms with Gasteiger partial charge in [-0.1, -0.05) is 64.2 Å². The smallest absolute Gasteiger partial charge is 0.0782 e. The first-order chi connectivity index (χ1) is 13.8. The third kappa shape index (κ3) is 24.0. The first-order valence-electron chi connectivity index (χ1n) is 12.9. The molecule has 0 bridgehead atoms. The second-order valence-corrected chi connectivity index (χ2v) is 10.6. The molecule has 0 spiro atoms. The molecule has 176 valence electrons. The summed E-state index contributed by atoms with van der Waals surface area (Å²) in [5.41, 5.74) is 0. The Morgan fingerprint density at radius 3 is 0.897 bits per heavy atom. The molecule has 0 fully saturated rings. The van der Waals surface area contributed by atoms with Crippen LogP contribution in [0.25, 0.3) is 0 Å². The zero-order valence-corrected chi connectivity index (χ0v) is 21.5. The summed E-state index contributed by atoms with van der Waals surface area (Å²) in [6, 6.07) is 0. The van der Waals surface area contributed by atoms with Crippen LogP contribution in [-0.2, 0) is 0 Å². The highest BCUT2D eigenvalue weighted by Gasteiger charge is 2.13. The molecular formula is C26H58N3+. The van der Waals surface area contributed by atoms with Gasteiger partial charge in [-0.2, -0.15) is 0 Å². The Balaban J connectivity index is 3.34. The second kappa shape index (κ2) is 19.8.